The molecule has 0 saturated carbocycles. The van der Waals surface area contributed by atoms with E-state index in [0.717, 1.165) is 32.5 Å². The van der Waals surface area contributed by atoms with Crippen molar-refractivity contribution >= 4 is 5.91 Å². The smallest absolute Gasteiger partial charge is 0.349 e. The second-order valence-corrected chi connectivity index (χ2v) is 7.52. The minimum Gasteiger partial charge on any atom is -0.351 e. The van der Waals surface area contributed by atoms with Crippen molar-refractivity contribution in [2.45, 2.75) is 38.0 Å². The summed E-state index contributed by atoms with van der Waals surface area (Å²) in [5, 5.41) is 2.39. The number of rotatable bonds is 7. The van der Waals surface area contributed by atoms with Crippen LogP contribution in [0.25, 0.3) is 0 Å². The molecule has 0 bridgehead atoms. The molecule has 2 aromatic carbocycles. The van der Waals surface area contributed by atoms with Crippen molar-refractivity contribution < 1.29 is 13.6 Å². The van der Waals surface area contributed by atoms with Crippen molar-refractivity contribution in [3.8, 4) is 0 Å². The Morgan fingerprint density at radius 3 is 2.39 bits per heavy atom. The van der Waals surface area contributed by atoms with Gasteiger partial charge in [0.15, 0.2) is 0 Å². The van der Waals surface area contributed by atoms with Gasteiger partial charge in [-0.25, -0.2) is 0 Å². The molecule has 0 aliphatic carbocycles. The van der Waals surface area contributed by atoms with Crippen LogP contribution in [0.5, 0.6) is 0 Å². The van der Waals surface area contributed by atoms with E-state index in [0.29, 0.717) is 12.3 Å². The first-order valence-corrected chi connectivity index (χ1v) is 9.98. The molecule has 1 fully saturated rings. The number of nitrogens with zero attached hydrogens (tertiary/aromatic N) is 1. The van der Waals surface area contributed by atoms with Gasteiger partial charge in [0.2, 0.25) is 0 Å². The van der Waals surface area contributed by atoms with E-state index in [1.807, 2.05) is 0 Å². The van der Waals surface area contributed by atoms with E-state index in [1.165, 1.54) is 35.4 Å². The molecule has 1 aliphatic rings. The van der Waals surface area contributed by atoms with Gasteiger partial charge in [-0.15, -0.1) is 0 Å². The second kappa shape index (κ2) is 9.28. The number of carbonyl (C=O) groups is 1. The van der Waals surface area contributed by atoms with E-state index in [2.05, 4.69) is 41.4 Å². The first-order chi connectivity index (χ1) is 13.5. The lowest BCUT2D eigenvalue weighted by Gasteiger charge is -2.32. The molecule has 3 rings (SSSR count). The van der Waals surface area contributed by atoms with Crippen molar-refractivity contribution in [1.29, 1.82) is 0 Å². The van der Waals surface area contributed by atoms with Crippen LogP contribution in [-0.4, -0.2) is 37.0 Å². The van der Waals surface area contributed by atoms with Crippen LogP contribution >= 0.6 is 0 Å². The zero-order valence-corrected chi connectivity index (χ0v) is 16.3. The Morgan fingerprint density at radius 2 is 1.71 bits per heavy atom. The Hall–Kier alpha value is -2.27. The summed E-state index contributed by atoms with van der Waals surface area (Å²) in [4.78, 5) is 14.2. The SMILES string of the molecule is Cc1ccccc1C1CCN(CCCNC(=O)C(F)(F)c2ccccc2)CC1. The number of halogens is 2. The molecule has 1 amide bonds. The summed E-state index contributed by atoms with van der Waals surface area (Å²) in [6, 6.07) is 15.8. The van der Waals surface area contributed by atoms with Crippen molar-refractivity contribution in [3.05, 3.63) is 71.3 Å². The number of likely N-dealkylation sites (tertiary alicyclic amines) is 1. The van der Waals surface area contributed by atoms with Crippen LogP contribution in [0.4, 0.5) is 8.78 Å². The lowest BCUT2D eigenvalue weighted by Crippen LogP contribution is -2.40. The normalized spacial score (nSPS) is 16.1. The number of hydrogen-bond acceptors (Lipinski definition) is 2. The van der Waals surface area contributed by atoms with E-state index >= 15 is 0 Å². The predicted octanol–water partition coefficient (Wildman–Crippen LogP) is 4.47. The number of piperidine rings is 1. The predicted molar refractivity (Wildman–Crippen MR) is 108 cm³/mol. The van der Waals surface area contributed by atoms with Crippen molar-refractivity contribution in [3.63, 3.8) is 0 Å². The maximum absolute atomic E-state index is 14.1. The summed E-state index contributed by atoms with van der Waals surface area (Å²) < 4.78 is 28.3. The van der Waals surface area contributed by atoms with Crippen LogP contribution in [0.3, 0.4) is 0 Å². The number of amides is 1. The monoisotopic (exact) mass is 386 g/mol. The Kier molecular flexibility index (Phi) is 6.79. The molecule has 1 heterocycles. The lowest BCUT2D eigenvalue weighted by molar-refractivity contribution is -0.147. The van der Waals surface area contributed by atoms with Gasteiger partial charge in [0.05, 0.1) is 0 Å². The van der Waals surface area contributed by atoms with E-state index < -0.39 is 11.8 Å². The van der Waals surface area contributed by atoms with Gasteiger partial charge in [0.25, 0.3) is 5.91 Å². The number of carbonyl (C=O) groups excluding carboxylic acids is 1. The number of alkyl halides is 2. The highest BCUT2D eigenvalue weighted by Crippen LogP contribution is 2.30. The fourth-order valence-corrected chi connectivity index (χ4v) is 3.91. The van der Waals surface area contributed by atoms with Crippen LogP contribution in [0.2, 0.25) is 0 Å². The first kappa shape index (κ1) is 20.5. The van der Waals surface area contributed by atoms with Gasteiger partial charge in [-0.1, -0.05) is 54.6 Å². The molecule has 1 N–H and O–H groups in total. The van der Waals surface area contributed by atoms with Crippen LogP contribution < -0.4 is 5.32 Å². The Balaban J connectivity index is 1.38. The molecule has 0 aromatic heterocycles. The molecular formula is C23H28F2N2O. The number of benzene rings is 2. The number of hydrogen-bond donors (Lipinski definition) is 1. The van der Waals surface area contributed by atoms with Gasteiger partial charge in [0.1, 0.15) is 0 Å². The zero-order valence-electron chi connectivity index (χ0n) is 16.3. The summed E-state index contributed by atoms with van der Waals surface area (Å²) in [6.07, 6.45) is 2.90. The molecule has 0 unspecified atom stereocenters. The summed E-state index contributed by atoms with van der Waals surface area (Å²) in [7, 11) is 0. The Bertz CT molecular complexity index is 771. The molecule has 0 atom stereocenters. The van der Waals surface area contributed by atoms with Gasteiger partial charge in [0, 0.05) is 12.1 Å². The number of nitrogens with one attached hydrogen (secondary N) is 1. The highest BCUT2D eigenvalue weighted by Gasteiger charge is 2.40. The molecule has 28 heavy (non-hydrogen) atoms. The average Bonchev–Trinajstić information content (AvgIpc) is 2.72. The Labute approximate surface area is 165 Å². The molecule has 3 nitrogen and oxygen atoms in total. The minimum atomic E-state index is -3.49. The van der Waals surface area contributed by atoms with E-state index in [4.69, 9.17) is 0 Å². The van der Waals surface area contributed by atoms with E-state index in [9.17, 15) is 13.6 Å². The molecule has 1 aliphatic heterocycles. The standard InChI is InChI=1S/C23H28F2N2O/c1-18-8-5-6-11-21(18)19-12-16-27(17-13-19)15-7-14-26-22(28)23(24,25)20-9-3-2-4-10-20/h2-6,8-11,19H,7,12-17H2,1H3,(H,26,28). The lowest BCUT2D eigenvalue weighted by atomic mass is 9.87. The van der Waals surface area contributed by atoms with Gasteiger partial charge < -0.3 is 10.2 Å². The largest absolute Gasteiger partial charge is 0.351 e. The van der Waals surface area contributed by atoms with Crippen molar-refractivity contribution in [1.82, 2.24) is 10.2 Å². The van der Waals surface area contributed by atoms with Crippen LogP contribution in [0, 0.1) is 6.92 Å². The topological polar surface area (TPSA) is 32.3 Å². The fourth-order valence-electron chi connectivity index (χ4n) is 3.91. The first-order valence-electron chi connectivity index (χ1n) is 9.98. The maximum atomic E-state index is 14.1. The van der Waals surface area contributed by atoms with E-state index in [-0.39, 0.29) is 12.1 Å². The van der Waals surface area contributed by atoms with Gasteiger partial charge in [-0.3, -0.25) is 4.79 Å². The summed E-state index contributed by atoms with van der Waals surface area (Å²) >= 11 is 0. The minimum absolute atomic E-state index is 0.263. The highest BCUT2D eigenvalue weighted by atomic mass is 19.3. The van der Waals surface area contributed by atoms with Crippen molar-refractivity contribution in [2.75, 3.05) is 26.2 Å². The van der Waals surface area contributed by atoms with Gasteiger partial charge >= 0.3 is 5.92 Å². The number of aryl methyl sites for hydroxylation is 1. The highest BCUT2D eigenvalue weighted by molar-refractivity contribution is 5.84. The average molecular weight is 386 g/mol. The third kappa shape index (κ3) is 4.96. The van der Waals surface area contributed by atoms with Crippen LogP contribution in [-0.2, 0) is 10.7 Å². The molecule has 0 spiro atoms. The quantitative estimate of drug-likeness (QED) is 0.712. The molecule has 1 saturated heterocycles. The third-order valence-electron chi connectivity index (χ3n) is 5.57. The summed E-state index contributed by atoms with van der Waals surface area (Å²) in [5.41, 5.74) is 2.52. The van der Waals surface area contributed by atoms with Gasteiger partial charge in [-0.2, -0.15) is 8.78 Å². The second-order valence-electron chi connectivity index (χ2n) is 7.52. The van der Waals surface area contributed by atoms with Gasteiger partial charge in [-0.05, 0) is 62.9 Å². The molecule has 0 radical (unpaired) electrons. The molecule has 2 aromatic rings. The zero-order chi connectivity index (χ0) is 20.0. The summed E-state index contributed by atoms with van der Waals surface area (Å²) in [6.45, 7) is 5.26. The Morgan fingerprint density at radius 1 is 1.07 bits per heavy atom. The van der Waals surface area contributed by atoms with Crippen LogP contribution in [0.15, 0.2) is 54.6 Å². The fraction of sp³-hybridized carbons (Fsp3) is 0.435. The van der Waals surface area contributed by atoms with E-state index in [1.54, 1.807) is 6.07 Å². The molecule has 5 heteroatoms. The van der Waals surface area contributed by atoms with Crippen molar-refractivity contribution in [2.24, 2.45) is 0 Å². The van der Waals surface area contributed by atoms with Crippen LogP contribution in [0.1, 0.15) is 41.9 Å². The molecular weight excluding hydrogens is 358 g/mol. The summed E-state index contributed by atoms with van der Waals surface area (Å²) in [5.74, 6) is -4.12. The maximum Gasteiger partial charge on any atom is 0.349 e. The molecule has 150 valence electrons. The third-order valence-corrected chi connectivity index (χ3v) is 5.57.